The molecule has 0 bridgehead atoms. The van der Waals surface area contributed by atoms with Gasteiger partial charge in [0.2, 0.25) is 0 Å². The van der Waals surface area contributed by atoms with Crippen LogP contribution in [-0.4, -0.2) is 13.1 Å². The lowest BCUT2D eigenvalue weighted by Gasteiger charge is -2.22. The second-order valence-corrected chi connectivity index (χ2v) is 6.47. The van der Waals surface area contributed by atoms with E-state index in [1.54, 1.807) is 0 Å². The van der Waals surface area contributed by atoms with Crippen LogP contribution in [0, 0.1) is 5.41 Å². The highest BCUT2D eigenvalue weighted by atomic mass is 14.9. The minimum Gasteiger partial charge on any atom is -0.385 e. The molecule has 2 N–H and O–H groups in total. The van der Waals surface area contributed by atoms with Crippen molar-refractivity contribution >= 4 is 5.69 Å². The molecule has 2 nitrogen and oxygen atoms in total. The van der Waals surface area contributed by atoms with Gasteiger partial charge in [-0.15, -0.1) is 0 Å². The Hall–Kier alpha value is -1.02. The van der Waals surface area contributed by atoms with E-state index < -0.39 is 0 Å². The van der Waals surface area contributed by atoms with Crippen molar-refractivity contribution in [1.82, 2.24) is 5.32 Å². The van der Waals surface area contributed by atoms with Crippen LogP contribution >= 0.6 is 0 Å². The van der Waals surface area contributed by atoms with Gasteiger partial charge >= 0.3 is 0 Å². The average Bonchev–Trinajstić information content (AvgIpc) is 2.33. The number of hydrogen-bond donors (Lipinski definition) is 2. The first kappa shape index (κ1) is 13.4. The van der Waals surface area contributed by atoms with Crippen LogP contribution in [0.25, 0.3) is 0 Å². The topological polar surface area (TPSA) is 24.1 Å². The monoisotopic (exact) mass is 246 g/mol. The van der Waals surface area contributed by atoms with Crippen molar-refractivity contribution < 1.29 is 0 Å². The molecule has 1 aliphatic rings. The molecule has 0 amide bonds. The Balaban J connectivity index is 1.90. The van der Waals surface area contributed by atoms with Crippen LogP contribution in [0.2, 0.25) is 0 Å². The Kier molecular flexibility index (Phi) is 4.28. The summed E-state index contributed by atoms with van der Waals surface area (Å²) in [4.78, 5) is 0. The maximum Gasteiger partial charge on any atom is 0.0418 e. The fraction of sp³-hybridized carbons (Fsp3) is 0.625. The molecule has 0 aromatic heterocycles. The van der Waals surface area contributed by atoms with Gasteiger partial charge in [0.05, 0.1) is 0 Å². The Morgan fingerprint density at radius 1 is 1.28 bits per heavy atom. The molecule has 0 radical (unpaired) electrons. The molecule has 0 saturated carbocycles. The summed E-state index contributed by atoms with van der Waals surface area (Å²) >= 11 is 0. The normalized spacial score (nSPS) is 15.1. The molecule has 0 saturated heterocycles. The zero-order valence-corrected chi connectivity index (χ0v) is 12.0. The second-order valence-electron chi connectivity index (χ2n) is 6.47. The molecule has 1 aliphatic heterocycles. The molecule has 2 rings (SSSR count). The lowest BCUT2D eigenvalue weighted by molar-refractivity contribution is 0.366. The number of aryl methyl sites for hydroxylation is 1. The lowest BCUT2D eigenvalue weighted by atomic mass is 9.92. The summed E-state index contributed by atoms with van der Waals surface area (Å²) in [6, 6.07) is 6.67. The van der Waals surface area contributed by atoms with E-state index >= 15 is 0 Å². The number of para-hydroxylation sites is 1. The fourth-order valence-electron chi connectivity index (χ4n) is 2.41. The first-order chi connectivity index (χ1) is 8.56. The van der Waals surface area contributed by atoms with Gasteiger partial charge < -0.3 is 10.6 Å². The van der Waals surface area contributed by atoms with Crippen molar-refractivity contribution in [3.8, 4) is 0 Å². The van der Waals surface area contributed by atoms with E-state index in [0.717, 1.165) is 19.6 Å². The van der Waals surface area contributed by atoms with Crippen molar-refractivity contribution in [2.24, 2.45) is 5.41 Å². The third-order valence-electron chi connectivity index (χ3n) is 3.53. The predicted octanol–water partition coefficient (Wildman–Crippen LogP) is 3.57. The van der Waals surface area contributed by atoms with Crippen molar-refractivity contribution in [1.29, 1.82) is 0 Å². The zero-order chi connectivity index (χ0) is 13.0. The lowest BCUT2D eigenvalue weighted by Crippen LogP contribution is -2.22. The number of hydrogen-bond acceptors (Lipinski definition) is 2. The molecule has 0 unspecified atom stereocenters. The molecule has 0 fully saturated rings. The molecule has 1 heterocycles. The van der Waals surface area contributed by atoms with Gasteiger partial charge in [0.15, 0.2) is 0 Å². The van der Waals surface area contributed by atoms with E-state index in [9.17, 15) is 0 Å². The Morgan fingerprint density at radius 3 is 2.89 bits per heavy atom. The summed E-state index contributed by atoms with van der Waals surface area (Å²) < 4.78 is 0. The first-order valence-electron chi connectivity index (χ1n) is 7.12. The Morgan fingerprint density at radius 2 is 2.11 bits per heavy atom. The molecular formula is C16H26N2. The number of benzene rings is 1. The van der Waals surface area contributed by atoms with Gasteiger partial charge in [0.1, 0.15) is 0 Å². The number of nitrogens with one attached hydrogen (secondary N) is 2. The molecule has 0 spiro atoms. The third-order valence-corrected chi connectivity index (χ3v) is 3.53. The summed E-state index contributed by atoms with van der Waals surface area (Å²) in [5.41, 5.74) is 4.70. The van der Waals surface area contributed by atoms with Crippen LogP contribution in [0.1, 0.15) is 44.7 Å². The molecule has 18 heavy (non-hydrogen) atoms. The predicted molar refractivity (Wildman–Crippen MR) is 79.0 cm³/mol. The van der Waals surface area contributed by atoms with Gasteiger partial charge in [0, 0.05) is 18.8 Å². The zero-order valence-electron chi connectivity index (χ0n) is 12.0. The summed E-state index contributed by atoms with van der Waals surface area (Å²) in [6.07, 6.45) is 3.70. The second kappa shape index (κ2) is 5.75. The molecule has 2 heteroatoms. The van der Waals surface area contributed by atoms with Crippen LogP contribution in [0.5, 0.6) is 0 Å². The van der Waals surface area contributed by atoms with E-state index in [1.165, 1.54) is 36.1 Å². The summed E-state index contributed by atoms with van der Waals surface area (Å²) in [5, 5.41) is 7.12. The van der Waals surface area contributed by atoms with Gasteiger partial charge in [-0.05, 0) is 42.3 Å². The van der Waals surface area contributed by atoms with Crippen LogP contribution in [-0.2, 0) is 13.0 Å². The molecular weight excluding hydrogens is 220 g/mol. The smallest absolute Gasteiger partial charge is 0.0418 e. The fourth-order valence-corrected chi connectivity index (χ4v) is 2.41. The standard InChI is InChI=1S/C16H26N2/c1-16(2,3)9-11-17-12-14-7-4-6-13-8-5-10-18-15(13)14/h4,6-7,17-18H,5,8-12H2,1-3H3. The van der Waals surface area contributed by atoms with Gasteiger partial charge in [-0.2, -0.15) is 0 Å². The highest BCUT2D eigenvalue weighted by Gasteiger charge is 2.12. The van der Waals surface area contributed by atoms with E-state index in [1.807, 2.05) is 0 Å². The van der Waals surface area contributed by atoms with Gasteiger partial charge in [0.25, 0.3) is 0 Å². The maximum absolute atomic E-state index is 3.57. The van der Waals surface area contributed by atoms with Crippen molar-refractivity contribution in [3.63, 3.8) is 0 Å². The van der Waals surface area contributed by atoms with E-state index in [0.29, 0.717) is 5.41 Å². The maximum atomic E-state index is 3.57. The molecule has 0 aliphatic carbocycles. The minimum atomic E-state index is 0.418. The summed E-state index contributed by atoms with van der Waals surface area (Å²) in [5.74, 6) is 0. The van der Waals surface area contributed by atoms with Crippen LogP contribution in [0.3, 0.4) is 0 Å². The van der Waals surface area contributed by atoms with Gasteiger partial charge in [-0.3, -0.25) is 0 Å². The quantitative estimate of drug-likeness (QED) is 0.794. The highest BCUT2D eigenvalue weighted by molar-refractivity contribution is 5.59. The van der Waals surface area contributed by atoms with Crippen molar-refractivity contribution in [2.45, 2.75) is 46.6 Å². The minimum absolute atomic E-state index is 0.418. The number of rotatable bonds is 4. The van der Waals surface area contributed by atoms with Crippen LogP contribution in [0.4, 0.5) is 5.69 Å². The van der Waals surface area contributed by atoms with Crippen molar-refractivity contribution in [2.75, 3.05) is 18.4 Å². The highest BCUT2D eigenvalue weighted by Crippen LogP contribution is 2.26. The molecule has 100 valence electrons. The van der Waals surface area contributed by atoms with Crippen LogP contribution in [0.15, 0.2) is 18.2 Å². The largest absolute Gasteiger partial charge is 0.385 e. The Bertz CT molecular complexity index is 391. The number of anilines is 1. The number of fused-ring (bicyclic) bond motifs is 1. The molecule has 1 aromatic rings. The molecule has 1 aromatic carbocycles. The van der Waals surface area contributed by atoms with E-state index in [4.69, 9.17) is 0 Å². The SMILES string of the molecule is CC(C)(C)CCNCc1cccc2c1NCCC2. The van der Waals surface area contributed by atoms with E-state index in [2.05, 4.69) is 49.6 Å². The average molecular weight is 246 g/mol. The van der Waals surface area contributed by atoms with Crippen molar-refractivity contribution in [3.05, 3.63) is 29.3 Å². The van der Waals surface area contributed by atoms with Gasteiger partial charge in [-0.1, -0.05) is 39.0 Å². The molecule has 0 atom stereocenters. The third kappa shape index (κ3) is 3.74. The van der Waals surface area contributed by atoms with E-state index in [-0.39, 0.29) is 0 Å². The Labute approximate surface area is 111 Å². The van der Waals surface area contributed by atoms with Gasteiger partial charge in [-0.25, -0.2) is 0 Å². The van der Waals surface area contributed by atoms with Crippen LogP contribution < -0.4 is 10.6 Å². The summed E-state index contributed by atoms with van der Waals surface area (Å²) in [7, 11) is 0. The first-order valence-corrected chi connectivity index (χ1v) is 7.12. The summed E-state index contributed by atoms with van der Waals surface area (Å²) in [6.45, 7) is 10.1.